The highest BCUT2D eigenvalue weighted by Crippen LogP contribution is 2.57. The van der Waals surface area contributed by atoms with Crippen LogP contribution in [0.1, 0.15) is 75.1 Å². The molecule has 3 bridgehead atoms. The van der Waals surface area contributed by atoms with Crippen molar-refractivity contribution in [3.63, 3.8) is 0 Å². The van der Waals surface area contributed by atoms with Crippen LogP contribution in [0.4, 0.5) is 14.6 Å². The number of thioether (sulfide) groups is 1. The van der Waals surface area contributed by atoms with Gasteiger partial charge in [-0.25, -0.2) is 4.98 Å². The number of hydrogen-bond acceptors (Lipinski definition) is 7. The molecule has 2 heterocycles. The number of hydrogen-bond donors (Lipinski definition) is 1. The quantitative estimate of drug-likeness (QED) is 0.313. The van der Waals surface area contributed by atoms with Gasteiger partial charge >= 0.3 is 12.6 Å². The highest BCUT2D eigenvalue weighted by molar-refractivity contribution is 7.99. The Morgan fingerprint density at radius 3 is 2.84 bits per heavy atom. The zero-order valence-electron chi connectivity index (χ0n) is 22.3. The van der Waals surface area contributed by atoms with E-state index in [-0.39, 0.29) is 29.8 Å². The summed E-state index contributed by atoms with van der Waals surface area (Å²) in [6, 6.07) is 3.73. The third-order valence-corrected chi connectivity index (χ3v) is 10.2. The van der Waals surface area contributed by atoms with Crippen LogP contribution in [0.2, 0.25) is 0 Å². The molecule has 3 aliphatic carbocycles. The zero-order valence-corrected chi connectivity index (χ0v) is 23.1. The van der Waals surface area contributed by atoms with Gasteiger partial charge in [0, 0.05) is 19.1 Å². The van der Waals surface area contributed by atoms with Gasteiger partial charge in [0.25, 0.3) is 5.91 Å². The number of nitrogens with one attached hydrogen (secondary N) is 1. The number of fused-ring (bicyclic) bond motifs is 2. The lowest BCUT2D eigenvalue weighted by atomic mass is 9.77. The largest absolute Gasteiger partial charge is 0.469 e. The van der Waals surface area contributed by atoms with Crippen molar-refractivity contribution in [3.8, 4) is 0 Å². The van der Waals surface area contributed by atoms with Crippen LogP contribution in [0.15, 0.2) is 17.2 Å². The first-order valence-corrected chi connectivity index (χ1v) is 15.0. The first-order valence-electron chi connectivity index (χ1n) is 14.0. The molecule has 1 N–H and O–H groups in total. The number of ether oxygens (including phenoxy) is 2. The molecule has 210 valence electrons. The van der Waals surface area contributed by atoms with E-state index in [9.17, 15) is 18.4 Å². The molecule has 4 unspecified atom stereocenters. The highest BCUT2D eigenvalue weighted by atomic mass is 32.2. The lowest BCUT2D eigenvalue weighted by molar-refractivity contribution is -0.219. The van der Waals surface area contributed by atoms with Gasteiger partial charge < -0.3 is 19.7 Å². The van der Waals surface area contributed by atoms with Crippen LogP contribution in [0.3, 0.4) is 0 Å². The molecule has 10 heteroatoms. The van der Waals surface area contributed by atoms with Gasteiger partial charge in [-0.3, -0.25) is 9.59 Å². The number of esters is 1. The van der Waals surface area contributed by atoms with E-state index in [0.717, 1.165) is 61.8 Å². The fourth-order valence-electron chi connectivity index (χ4n) is 7.46. The van der Waals surface area contributed by atoms with Crippen molar-refractivity contribution in [2.45, 2.75) is 88.0 Å². The second-order valence-electron chi connectivity index (χ2n) is 11.6. The number of halogens is 2. The number of nitrogens with zero attached hydrogens (tertiary/aromatic N) is 2. The predicted molar refractivity (Wildman–Crippen MR) is 141 cm³/mol. The molecule has 1 amide bonds. The van der Waals surface area contributed by atoms with Crippen molar-refractivity contribution < 1.29 is 27.8 Å². The van der Waals surface area contributed by atoms with Gasteiger partial charge in [0.05, 0.1) is 24.7 Å². The molecule has 1 saturated heterocycles. The number of alkyl halides is 2. The van der Waals surface area contributed by atoms with Crippen LogP contribution in [0, 0.1) is 23.7 Å². The van der Waals surface area contributed by atoms with Crippen LogP contribution in [0.5, 0.6) is 0 Å². The van der Waals surface area contributed by atoms with Crippen LogP contribution < -0.4 is 10.2 Å². The monoisotopic (exact) mass is 551 g/mol. The van der Waals surface area contributed by atoms with E-state index in [0.29, 0.717) is 43.1 Å². The molecule has 7 nitrogen and oxygen atoms in total. The SMILES string of the molecule is CCCSc1nc(N2CC[C@@H](CC(=O)OC)C2)ccc1C(=O)NC1CCC2CC3C[C@@](OC(F)F)(C2)CC31. The summed E-state index contributed by atoms with van der Waals surface area (Å²) in [5.41, 5.74) is -0.164. The fourth-order valence-corrected chi connectivity index (χ4v) is 8.34. The molecule has 3 saturated carbocycles. The Morgan fingerprint density at radius 1 is 1.24 bits per heavy atom. The Bertz CT molecular complexity index is 1030. The lowest BCUT2D eigenvalue weighted by Gasteiger charge is -2.37. The molecule has 1 aliphatic heterocycles. The van der Waals surface area contributed by atoms with E-state index < -0.39 is 12.2 Å². The molecule has 38 heavy (non-hydrogen) atoms. The lowest BCUT2D eigenvalue weighted by Crippen LogP contribution is -2.43. The number of pyridine rings is 1. The normalized spacial score (nSPS) is 32.0. The van der Waals surface area contributed by atoms with E-state index >= 15 is 0 Å². The van der Waals surface area contributed by atoms with Gasteiger partial charge in [0.15, 0.2) is 0 Å². The maximum atomic E-state index is 13.6. The molecule has 0 aromatic carbocycles. The second-order valence-corrected chi connectivity index (χ2v) is 12.7. The van der Waals surface area contributed by atoms with E-state index in [1.807, 2.05) is 12.1 Å². The molecule has 0 spiro atoms. The molecule has 0 radical (unpaired) electrons. The minimum Gasteiger partial charge on any atom is -0.469 e. The standard InChI is InChI=1S/C28H39F2N3O4S/c1-3-10-38-26-20(5-7-23(32-26)33-9-8-18(16-33)12-24(34)36-2)25(35)31-22-6-4-17-11-19-14-28(13-17,15-21(19)22)37-27(29)30/h5,7,17-19,21-22,27H,3-4,6,8-16H2,1-2H3,(H,31,35)/t17?,18-,19?,21?,22?,28-/m0/s1. The van der Waals surface area contributed by atoms with Crippen molar-refractivity contribution in [2.24, 2.45) is 23.7 Å². The number of amides is 1. The van der Waals surface area contributed by atoms with Gasteiger partial charge in [0.1, 0.15) is 10.8 Å². The molecule has 1 aromatic rings. The number of aromatic nitrogens is 1. The van der Waals surface area contributed by atoms with E-state index in [1.54, 1.807) is 11.8 Å². The van der Waals surface area contributed by atoms with Gasteiger partial charge in [0.2, 0.25) is 0 Å². The smallest absolute Gasteiger partial charge is 0.345 e. The highest BCUT2D eigenvalue weighted by Gasteiger charge is 2.56. The first kappa shape index (κ1) is 27.6. The van der Waals surface area contributed by atoms with Gasteiger partial charge in [-0.1, -0.05) is 6.92 Å². The summed E-state index contributed by atoms with van der Waals surface area (Å²) < 4.78 is 36.5. The Morgan fingerprint density at radius 2 is 2.08 bits per heavy atom. The van der Waals surface area contributed by atoms with E-state index in [1.165, 1.54) is 7.11 Å². The zero-order chi connectivity index (χ0) is 26.9. The van der Waals surface area contributed by atoms with Gasteiger partial charge in [-0.2, -0.15) is 8.78 Å². The maximum absolute atomic E-state index is 13.6. The molecule has 5 rings (SSSR count). The van der Waals surface area contributed by atoms with Crippen molar-refractivity contribution in [1.29, 1.82) is 0 Å². The van der Waals surface area contributed by atoms with E-state index in [4.69, 9.17) is 14.5 Å². The Balaban J connectivity index is 1.30. The van der Waals surface area contributed by atoms with Crippen molar-refractivity contribution in [2.75, 3.05) is 30.9 Å². The number of carbonyl (C=O) groups excluding carboxylic acids is 2. The number of methoxy groups -OCH3 is 1. The minimum absolute atomic E-state index is 0.0395. The van der Waals surface area contributed by atoms with Crippen molar-refractivity contribution >= 4 is 29.5 Å². The Labute approximate surface area is 227 Å². The molecule has 4 aliphatic rings. The van der Waals surface area contributed by atoms with Crippen molar-refractivity contribution in [1.82, 2.24) is 10.3 Å². The summed E-state index contributed by atoms with van der Waals surface area (Å²) in [5, 5.41) is 4.02. The number of rotatable bonds is 10. The summed E-state index contributed by atoms with van der Waals surface area (Å²) in [4.78, 5) is 32.4. The van der Waals surface area contributed by atoms with Crippen LogP contribution >= 0.6 is 11.8 Å². The molecule has 4 fully saturated rings. The topological polar surface area (TPSA) is 80.8 Å². The number of anilines is 1. The van der Waals surface area contributed by atoms with Crippen LogP contribution in [-0.4, -0.2) is 61.1 Å². The molecule has 6 atom stereocenters. The molecular formula is C28H39F2N3O4S. The average molecular weight is 552 g/mol. The average Bonchev–Trinajstić information content (AvgIpc) is 3.42. The Hall–Kier alpha value is -1.94. The van der Waals surface area contributed by atoms with Gasteiger partial charge in [-0.15, -0.1) is 11.8 Å². The van der Waals surface area contributed by atoms with Crippen LogP contribution in [0.25, 0.3) is 0 Å². The van der Waals surface area contributed by atoms with Crippen molar-refractivity contribution in [3.05, 3.63) is 17.7 Å². The van der Waals surface area contributed by atoms with E-state index in [2.05, 4.69) is 17.1 Å². The summed E-state index contributed by atoms with van der Waals surface area (Å²) in [7, 11) is 1.41. The third kappa shape index (κ3) is 5.96. The summed E-state index contributed by atoms with van der Waals surface area (Å²) >= 11 is 1.59. The third-order valence-electron chi connectivity index (χ3n) is 9.03. The molecule has 1 aromatic heterocycles. The summed E-state index contributed by atoms with van der Waals surface area (Å²) in [5.74, 6) is 2.46. The number of carbonyl (C=O) groups is 2. The minimum atomic E-state index is -2.75. The predicted octanol–water partition coefficient (Wildman–Crippen LogP) is 5.28. The second kappa shape index (κ2) is 11.7. The van der Waals surface area contributed by atoms with Gasteiger partial charge in [-0.05, 0) is 92.9 Å². The summed E-state index contributed by atoms with van der Waals surface area (Å²) in [6.45, 7) is 0.894. The van der Waals surface area contributed by atoms with Crippen LogP contribution in [-0.2, 0) is 14.3 Å². The summed E-state index contributed by atoms with van der Waals surface area (Å²) in [6.07, 6.45) is 7.10. The first-order chi connectivity index (χ1) is 18.3. The molecular weight excluding hydrogens is 512 g/mol. The fraction of sp³-hybridized carbons (Fsp3) is 0.750. The maximum Gasteiger partial charge on any atom is 0.345 e. The Kier molecular flexibility index (Phi) is 8.48.